The molecule has 0 saturated carbocycles. The van der Waals surface area contributed by atoms with E-state index in [4.69, 9.17) is 5.11 Å². The predicted octanol–water partition coefficient (Wildman–Crippen LogP) is 1.05. The highest BCUT2D eigenvalue weighted by molar-refractivity contribution is 5.82. The summed E-state index contributed by atoms with van der Waals surface area (Å²) >= 11 is 0. The van der Waals surface area contributed by atoms with Crippen LogP contribution in [0.25, 0.3) is 0 Å². The van der Waals surface area contributed by atoms with Gasteiger partial charge in [-0.2, -0.15) is 5.10 Å². The summed E-state index contributed by atoms with van der Waals surface area (Å²) in [7, 11) is 0. The van der Waals surface area contributed by atoms with Crippen LogP contribution in [0.2, 0.25) is 0 Å². The summed E-state index contributed by atoms with van der Waals surface area (Å²) < 4.78 is 1.73. The molecule has 0 radical (unpaired) electrons. The third-order valence-corrected chi connectivity index (χ3v) is 2.53. The second kappa shape index (κ2) is 5.81. The highest BCUT2D eigenvalue weighted by Crippen LogP contribution is 2.07. The number of hydrazone groups is 1. The quantitative estimate of drug-likeness (QED) is 0.635. The molecule has 0 aliphatic rings. The number of phenols is 1. The Morgan fingerprint density at radius 3 is 2.84 bits per heavy atom. The molecular formula is C13H14N4O2. The van der Waals surface area contributed by atoms with E-state index in [1.165, 1.54) is 6.21 Å². The van der Waals surface area contributed by atoms with E-state index in [2.05, 4.69) is 15.5 Å². The van der Waals surface area contributed by atoms with E-state index in [0.29, 0.717) is 0 Å². The van der Waals surface area contributed by atoms with Crippen LogP contribution in [-0.4, -0.2) is 26.8 Å². The summed E-state index contributed by atoms with van der Waals surface area (Å²) in [6.07, 6.45) is 4.89. The Labute approximate surface area is 110 Å². The zero-order valence-corrected chi connectivity index (χ0v) is 10.4. The van der Waals surface area contributed by atoms with E-state index in [-0.39, 0.29) is 18.2 Å². The van der Waals surface area contributed by atoms with Gasteiger partial charge >= 0.3 is 0 Å². The third kappa shape index (κ3) is 3.67. The van der Waals surface area contributed by atoms with Crippen LogP contribution in [-0.2, 0) is 11.3 Å². The lowest BCUT2D eigenvalue weighted by Crippen LogP contribution is -2.23. The number of hydrogen-bond acceptors (Lipinski definition) is 4. The molecule has 6 heteroatoms. The summed E-state index contributed by atoms with van der Waals surface area (Å²) in [5.41, 5.74) is 3.22. The number of aryl methyl sites for hydroxylation is 1. The smallest absolute Gasteiger partial charge is 0.260 e. The van der Waals surface area contributed by atoms with Crippen molar-refractivity contribution in [3.63, 3.8) is 0 Å². The van der Waals surface area contributed by atoms with Gasteiger partial charge in [0.15, 0.2) is 0 Å². The number of amides is 1. The Bertz CT molecular complexity index is 587. The van der Waals surface area contributed by atoms with Crippen molar-refractivity contribution >= 4 is 12.1 Å². The van der Waals surface area contributed by atoms with Gasteiger partial charge in [0.2, 0.25) is 0 Å². The van der Waals surface area contributed by atoms with Gasteiger partial charge in [-0.3, -0.25) is 4.79 Å². The molecular weight excluding hydrogens is 244 g/mol. The molecule has 2 aromatic rings. The van der Waals surface area contributed by atoms with Crippen LogP contribution in [0.5, 0.6) is 5.75 Å². The fourth-order valence-corrected chi connectivity index (χ4v) is 1.50. The van der Waals surface area contributed by atoms with Crippen LogP contribution in [0.15, 0.2) is 41.8 Å². The lowest BCUT2D eigenvalue weighted by molar-refractivity contribution is -0.121. The number of aromatic hydroxyl groups is 1. The number of nitrogens with one attached hydrogen (secondary N) is 1. The number of carbonyl (C=O) groups is 1. The largest absolute Gasteiger partial charge is 0.508 e. The van der Waals surface area contributed by atoms with Crippen molar-refractivity contribution in [1.29, 1.82) is 0 Å². The Hall–Kier alpha value is -2.63. The standard InChI is InChI=1S/C13H14N4O2/c1-10-14-6-7-17(10)9-13(19)16-15-8-11-2-4-12(18)5-3-11/h2-8,18H,9H2,1H3,(H,16,19)/b15-8-. The predicted molar refractivity (Wildman–Crippen MR) is 70.8 cm³/mol. The first-order chi connectivity index (χ1) is 9.15. The second-order valence-electron chi connectivity index (χ2n) is 3.99. The van der Waals surface area contributed by atoms with E-state index in [1.54, 1.807) is 41.2 Å². The molecule has 0 unspecified atom stereocenters. The van der Waals surface area contributed by atoms with E-state index in [0.717, 1.165) is 11.4 Å². The van der Waals surface area contributed by atoms with Crippen LogP contribution in [0, 0.1) is 6.92 Å². The summed E-state index contributed by atoms with van der Waals surface area (Å²) in [6, 6.07) is 6.51. The van der Waals surface area contributed by atoms with E-state index in [1.807, 2.05) is 6.92 Å². The molecule has 0 atom stereocenters. The summed E-state index contributed by atoms with van der Waals surface area (Å²) in [5.74, 6) is 0.741. The first kappa shape index (κ1) is 12.8. The van der Waals surface area contributed by atoms with E-state index < -0.39 is 0 Å². The normalized spacial score (nSPS) is 10.8. The fourth-order valence-electron chi connectivity index (χ4n) is 1.50. The Balaban J connectivity index is 1.86. The second-order valence-corrected chi connectivity index (χ2v) is 3.99. The van der Waals surface area contributed by atoms with Gasteiger partial charge in [0, 0.05) is 12.4 Å². The molecule has 0 bridgehead atoms. The van der Waals surface area contributed by atoms with Crippen molar-refractivity contribution < 1.29 is 9.90 Å². The van der Waals surface area contributed by atoms with Gasteiger partial charge in [-0.15, -0.1) is 0 Å². The molecule has 2 N–H and O–H groups in total. The molecule has 98 valence electrons. The Morgan fingerprint density at radius 1 is 1.47 bits per heavy atom. The summed E-state index contributed by atoms with van der Waals surface area (Å²) in [6.45, 7) is 2.01. The van der Waals surface area contributed by atoms with Gasteiger partial charge in [-0.25, -0.2) is 10.4 Å². The first-order valence-electron chi connectivity index (χ1n) is 5.74. The number of rotatable bonds is 4. The number of benzene rings is 1. The highest BCUT2D eigenvalue weighted by Gasteiger charge is 2.03. The zero-order valence-electron chi connectivity index (χ0n) is 10.4. The number of imidazole rings is 1. The molecule has 19 heavy (non-hydrogen) atoms. The van der Waals surface area contributed by atoms with Crippen molar-refractivity contribution in [3.8, 4) is 5.75 Å². The van der Waals surface area contributed by atoms with Gasteiger partial charge in [0.25, 0.3) is 5.91 Å². The first-order valence-corrected chi connectivity index (χ1v) is 5.74. The number of hydrogen-bond donors (Lipinski definition) is 2. The zero-order chi connectivity index (χ0) is 13.7. The SMILES string of the molecule is Cc1nccn1CC(=O)N/N=C\c1ccc(O)cc1. The average Bonchev–Trinajstić information content (AvgIpc) is 2.78. The van der Waals surface area contributed by atoms with Crippen LogP contribution >= 0.6 is 0 Å². The highest BCUT2D eigenvalue weighted by atomic mass is 16.3. The molecule has 1 aromatic heterocycles. The summed E-state index contributed by atoms with van der Waals surface area (Å²) in [4.78, 5) is 15.6. The summed E-state index contributed by atoms with van der Waals surface area (Å²) in [5, 5.41) is 13.0. The van der Waals surface area contributed by atoms with Crippen LogP contribution in [0.3, 0.4) is 0 Å². The van der Waals surface area contributed by atoms with Gasteiger partial charge in [0.1, 0.15) is 18.1 Å². The Morgan fingerprint density at radius 2 is 2.21 bits per heavy atom. The molecule has 0 spiro atoms. The van der Waals surface area contributed by atoms with Gasteiger partial charge in [-0.05, 0) is 36.8 Å². The van der Waals surface area contributed by atoms with Crippen molar-refractivity contribution in [2.45, 2.75) is 13.5 Å². The minimum absolute atomic E-state index is 0.179. The molecule has 1 amide bonds. The number of nitrogens with zero attached hydrogens (tertiary/aromatic N) is 3. The molecule has 0 fully saturated rings. The maximum Gasteiger partial charge on any atom is 0.260 e. The van der Waals surface area contributed by atoms with Crippen LogP contribution in [0.1, 0.15) is 11.4 Å². The van der Waals surface area contributed by atoms with Crippen molar-refractivity contribution in [2.75, 3.05) is 0 Å². The number of aromatic nitrogens is 2. The third-order valence-electron chi connectivity index (χ3n) is 2.53. The average molecular weight is 258 g/mol. The van der Waals surface area contributed by atoms with Crippen LogP contribution < -0.4 is 5.43 Å². The molecule has 0 aliphatic heterocycles. The van der Waals surface area contributed by atoms with E-state index in [9.17, 15) is 4.79 Å². The van der Waals surface area contributed by atoms with Gasteiger partial charge in [-0.1, -0.05) is 0 Å². The van der Waals surface area contributed by atoms with E-state index >= 15 is 0 Å². The van der Waals surface area contributed by atoms with Crippen molar-refractivity contribution in [3.05, 3.63) is 48.0 Å². The Kier molecular flexibility index (Phi) is 3.92. The monoisotopic (exact) mass is 258 g/mol. The van der Waals surface area contributed by atoms with Crippen molar-refractivity contribution in [1.82, 2.24) is 15.0 Å². The molecule has 0 saturated heterocycles. The topological polar surface area (TPSA) is 79.5 Å². The maximum absolute atomic E-state index is 11.6. The number of phenolic OH excluding ortho intramolecular Hbond substituents is 1. The van der Waals surface area contributed by atoms with Gasteiger partial charge < -0.3 is 9.67 Å². The number of carbonyl (C=O) groups excluding carboxylic acids is 1. The maximum atomic E-state index is 11.6. The minimum Gasteiger partial charge on any atom is -0.508 e. The fraction of sp³-hybridized carbons (Fsp3) is 0.154. The van der Waals surface area contributed by atoms with Gasteiger partial charge in [0.05, 0.1) is 6.21 Å². The molecule has 1 aromatic carbocycles. The molecule has 1 heterocycles. The molecule has 0 aliphatic carbocycles. The minimum atomic E-state index is -0.226. The molecule has 2 rings (SSSR count). The van der Waals surface area contributed by atoms with Crippen molar-refractivity contribution in [2.24, 2.45) is 5.10 Å². The lowest BCUT2D eigenvalue weighted by atomic mass is 10.2. The lowest BCUT2D eigenvalue weighted by Gasteiger charge is -2.02. The van der Waals surface area contributed by atoms with Crippen LogP contribution in [0.4, 0.5) is 0 Å². The molecule has 6 nitrogen and oxygen atoms in total.